The molecular formula is C26H31FN2O. The van der Waals surface area contributed by atoms with Crippen LogP contribution in [-0.4, -0.2) is 16.5 Å². The molecule has 3 aromatic rings. The van der Waals surface area contributed by atoms with Crippen LogP contribution in [0.2, 0.25) is 0 Å². The number of aryl methyl sites for hydroxylation is 1. The number of hydrogen-bond acceptors (Lipinski definition) is 1. The number of rotatable bonds is 6. The summed E-state index contributed by atoms with van der Waals surface area (Å²) in [4.78, 5) is 12.6. The van der Waals surface area contributed by atoms with Gasteiger partial charge in [-0.15, -0.1) is 0 Å². The molecule has 30 heavy (non-hydrogen) atoms. The molecule has 3 unspecified atom stereocenters. The average Bonchev–Trinajstić information content (AvgIpc) is 3.09. The number of benzene rings is 2. The Balaban J connectivity index is 1.45. The van der Waals surface area contributed by atoms with E-state index in [1.54, 1.807) is 0 Å². The zero-order valence-corrected chi connectivity index (χ0v) is 17.9. The minimum absolute atomic E-state index is 0.149. The van der Waals surface area contributed by atoms with Crippen LogP contribution in [0.1, 0.15) is 50.7 Å². The molecule has 1 N–H and O–H groups in total. The van der Waals surface area contributed by atoms with Crippen LogP contribution in [0.25, 0.3) is 10.9 Å². The first-order valence-electron chi connectivity index (χ1n) is 11.1. The zero-order chi connectivity index (χ0) is 21.1. The van der Waals surface area contributed by atoms with E-state index in [-0.39, 0.29) is 11.7 Å². The Kier molecular flexibility index (Phi) is 6.21. The second kappa shape index (κ2) is 9.03. The van der Waals surface area contributed by atoms with Crippen LogP contribution in [0.15, 0.2) is 54.7 Å². The molecule has 0 saturated heterocycles. The minimum atomic E-state index is -0.218. The van der Waals surface area contributed by atoms with Gasteiger partial charge >= 0.3 is 0 Å². The fourth-order valence-corrected chi connectivity index (χ4v) is 4.75. The summed E-state index contributed by atoms with van der Waals surface area (Å²) < 4.78 is 15.4. The van der Waals surface area contributed by atoms with Crippen molar-refractivity contribution >= 4 is 16.8 Å². The van der Waals surface area contributed by atoms with E-state index in [0.29, 0.717) is 30.8 Å². The van der Waals surface area contributed by atoms with Gasteiger partial charge in [0.05, 0.1) is 0 Å². The topological polar surface area (TPSA) is 34.0 Å². The number of aromatic nitrogens is 1. The number of para-hydroxylation sites is 1. The number of halogens is 1. The maximum Gasteiger partial charge on any atom is 0.220 e. The van der Waals surface area contributed by atoms with Crippen LogP contribution in [0, 0.1) is 17.7 Å². The lowest BCUT2D eigenvalue weighted by Gasteiger charge is -2.34. The maximum atomic E-state index is 13.2. The van der Waals surface area contributed by atoms with Crippen LogP contribution in [0.4, 0.5) is 4.39 Å². The van der Waals surface area contributed by atoms with Crippen molar-refractivity contribution < 1.29 is 9.18 Å². The maximum absolute atomic E-state index is 13.2. The molecule has 3 atom stereocenters. The lowest BCUT2D eigenvalue weighted by atomic mass is 9.78. The highest BCUT2D eigenvalue weighted by atomic mass is 19.1. The van der Waals surface area contributed by atoms with E-state index in [0.717, 1.165) is 23.9 Å². The molecule has 0 bridgehead atoms. The van der Waals surface area contributed by atoms with Gasteiger partial charge in [0.2, 0.25) is 5.91 Å². The molecule has 1 aliphatic carbocycles. The number of amides is 1. The van der Waals surface area contributed by atoms with Gasteiger partial charge in [-0.2, -0.15) is 0 Å². The van der Waals surface area contributed by atoms with Gasteiger partial charge in [-0.05, 0) is 54.0 Å². The third-order valence-electron chi connectivity index (χ3n) is 6.81. The highest BCUT2D eigenvalue weighted by Gasteiger charge is 2.28. The summed E-state index contributed by atoms with van der Waals surface area (Å²) in [5.41, 5.74) is 3.39. The Hall–Kier alpha value is -2.62. The van der Waals surface area contributed by atoms with Gasteiger partial charge in [-0.1, -0.05) is 57.0 Å². The Morgan fingerprint density at radius 1 is 1.10 bits per heavy atom. The Bertz CT molecular complexity index is 1010. The van der Waals surface area contributed by atoms with Crippen LogP contribution in [0.3, 0.4) is 0 Å². The third-order valence-corrected chi connectivity index (χ3v) is 6.81. The molecule has 3 nitrogen and oxygen atoms in total. The number of hydrogen-bond donors (Lipinski definition) is 1. The van der Waals surface area contributed by atoms with Crippen LogP contribution < -0.4 is 5.32 Å². The summed E-state index contributed by atoms with van der Waals surface area (Å²) >= 11 is 0. The summed E-state index contributed by atoms with van der Waals surface area (Å²) in [5.74, 6) is 1.15. The van der Waals surface area contributed by atoms with Crippen LogP contribution >= 0.6 is 0 Å². The van der Waals surface area contributed by atoms with Crippen molar-refractivity contribution in [3.05, 3.63) is 71.7 Å². The monoisotopic (exact) mass is 406 g/mol. The first-order chi connectivity index (χ1) is 14.5. The predicted octanol–water partition coefficient (Wildman–Crippen LogP) is 5.70. The Morgan fingerprint density at radius 3 is 2.67 bits per heavy atom. The van der Waals surface area contributed by atoms with E-state index in [4.69, 9.17) is 0 Å². The van der Waals surface area contributed by atoms with Crippen LogP contribution in [0.5, 0.6) is 0 Å². The van der Waals surface area contributed by atoms with E-state index in [2.05, 4.69) is 42.1 Å². The van der Waals surface area contributed by atoms with Crippen molar-refractivity contribution in [3.63, 3.8) is 0 Å². The molecule has 1 aromatic heterocycles. The first-order valence-corrected chi connectivity index (χ1v) is 11.1. The molecule has 0 aliphatic heterocycles. The van der Waals surface area contributed by atoms with Crippen molar-refractivity contribution in [2.75, 3.05) is 0 Å². The van der Waals surface area contributed by atoms with Crippen molar-refractivity contribution in [1.82, 2.24) is 9.88 Å². The van der Waals surface area contributed by atoms with Gasteiger partial charge < -0.3 is 9.88 Å². The average molecular weight is 407 g/mol. The second-order valence-electron chi connectivity index (χ2n) is 8.87. The number of nitrogens with zero attached hydrogens (tertiary/aromatic N) is 1. The Morgan fingerprint density at radius 2 is 1.87 bits per heavy atom. The van der Waals surface area contributed by atoms with Crippen molar-refractivity contribution in [2.24, 2.45) is 11.8 Å². The molecule has 1 saturated carbocycles. The van der Waals surface area contributed by atoms with Gasteiger partial charge in [0, 0.05) is 36.1 Å². The summed E-state index contributed by atoms with van der Waals surface area (Å²) in [6, 6.07) is 15.2. The Labute approximate surface area is 178 Å². The fraction of sp³-hybridized carbons (Fsp3) is 0.423. The fourth-order valence-electron chi connectivity index (χ4n) is 4.75. The smallest absolute Gasteiger partial charge is 0.220 e. The van der Waals surface area contributed by atoms with Gasteiger partial charge in [0.15, 0.2) is 0 Å². The van der Waals surface area contributed by atoms with Crippen molar-refractivity contribution in [1.29, 1.82) is 0 Å². The lowest BCUT2D eigenvalue weighted by molar-refractivity contribution is -0.122. The number of fused-ring (bicyclic) bond motifs is 1. The quantitative estimate of drug-likeness (QED) is 0.560. The first kappa shape index (κ1) is 20.6. The number of nitrogens with one attached hydrogen (secondary N) is 1. The molecule has 158 valence electrons. The molecule has 1 heterocycles. The lowest BCUT2D eigenvalue weighted by Crippen LogP contribution is -2.43. The molecule has 4 rings (SSSR count). The highest BCUT2D eigenvalue weighted by molar-refractivity contribution is 5.85. The van der Waals surface area contributed by atoms with Crippen LogP contribution in [-0.2, 0) is 17.8 Å². The van der Waals surface area contributed by atoms with Gasteiger partial charge in [0.25, 0.3) is 0 Å². The molecule has 1 amide bonds. The standard InChI is InChI=1S/C26H31FN2O/c1-18-6-5-8-24(19(18)2)28-26(30)15-12-21-17-29(25-9-4-3-7-23(21)25)16-20-10-13-22(27)14-11-20/h3-4,7,9-11,13-14,17-19,24H,5-6,8,12,15-16H2,1-2H3,(H,28,30). The second-order valence-corrected chi connectivity index (χ2v) is 8.87. The van der Waals surface area contributed by atoms with E-state index >= 15 is 0 Å². The largest absolute Gasteiger partial charge is 0.353 e. The van der Waals surface area contributed by atoms with E-state index in [1.165, 1.54) is 35.9 Å². The SMILES string of the molecule is CC1CCCC(NC(=O)CCc2cn(Cc3ccc(F)cc3)c3ccccc23)C1C. The van der Waals surface area contributed by atoms with E-state index in [1.807, 2.05) is 24.3 Å². The normalized spacial score (nSPS) is 21.6. The molecule has 4 heteroatoms. The van der Waals surface area contributed by atoms with Gasteiger partial charge in [-0.3, -0.25) is 4.79 Å². The zero-order valence-electron chi connectivity index (χ0n) is 17.9. The molecule has 0 radical (unpaired) electrons. The highest BCUT2D eigenvalue weighted by Crippen LogP contribution is 2.29. The summed E-state index contributed by atoms with van der Waals surface area (Å²) in [6.45, 7) is 5.24. The van der Waals surface area contributed by atoms with Crippen molar-refractivity contribution in [2.45, 2.75) is 58.5 Å². The summed E-state index contributed by atoms with van der Waals surface area (Å²) in [6.07, 6.45) is 6.93. The van der Waals surface area contributed by atoms with E-state index < -0.39 is 0 Å². The van der Waals surface area contributed by atoms with Gasteiger partial charge in [0.1, 0.15) is 5.82 Å². The number of carbonyl (C=O) groups is 1. The minimum Gasteiger partial charge on any atom is -0.353 e. The van der Waals surface area contributed by atoms with Gasteiger partial charge in [-0.25, -0.2) is 4.39 Å². The molecule has 0 spiro atoms. The number of carbonyl (C=O) groups excluding carboxylic acids is 1. The third kappa shape index (κ3) is 4.58. The van der Waals surface area contributed by atoms with Crippen molar-refractivity contribution in [3.8, 4) is 0 Å². The molecular weight excluding hydrogens is 375 g/mol. The molecule has 1 aliphatic rings. The molecule has 1 fully saturated rings. The van der Waals surface area contributed by atoms with E-state index in [9.17, 15) is 9.18 Å². The summed E-state index contributed by atoms with van der Waals surface area (Å²) in [5, 5.41) is 4.48. The summed E-state index contributed by atoms with van der Waals surface area (Å²) in [7, 11) is 0. The predicted molar refractivity (Wildman–Crippen MR) is 120 cm³/mol. The molecule has 2 aromatic carbocycles.